The molecule has 2 N–H and O–H groups in total. The lowest BCUT2D eigenvalue weighted by Gasteiger charge is -2.19. The van der Waals surface area contributed by atoms with Crippen LogP contribution in [0.5, 0.6) is 5.75 Å². The monoisotopic (exact) mass is 304 g/mol. The molecule has 110 valence electrons. The van der Waals surface area contributed by atoms with Gasteiger partial charge < -0.3 is 15.4 Å². The van der Waals surface area contributed by atoms with E-state index in [0.717, 1.165) is 5.75 Å². The molecule has 0 radical (unpaired) electrons. The van der Waals surface area contributed by atoms with Gasteiger partial charge in [0.25, 0.3) is 0 Å². The van der Waals surface area contributed by atoms with E-state index in [0.29, 0.717) is 23.0 Å². The number of nitrogens with zero attached hydrogens (tertiary/aromatic N) is 1. The van der Waals surface area contributed by atoms with Crippen molar-refractivity contribution in [3.05, 3.63) is 53.6 Å². The van der Waals surface area contributed by atoms with Gasteiger partial charge >= 0.3 is 0 Å². The summed E-state index contributed by atoms with van der Waals surface area (Å²) >= 11 is 5.93. The molecule has 0 heterocycles. The van der Waals surface area contributed by atoms with Crippen molar-refractivity contribution in [2.45, 2.75) is 6.42 Å². The van der Waals surface area contributed by atoms with E-state index in [4.69, 9.17) is 22.1 Å². The Hall–Kier alpha value is -2.20. The molecule has 0 bridgehead atoms. The number of carbonyl (C=O) groups excluding carboxylic acids is 1. The normalized spacial score (nSPS) is 10.2. The molecular formula is C16H17ClN2O2. The quantitative estimate of drug-likeness (QED) is 0.862. The van der Waals surface area contributed by atoms with Crippen molar-refractivity contribution < 1.29 is 9.53 Å². The highest BCUT2D eigenvalue weighted by Gasteiger charge is 2.14. The Balaban J connectivity index is 1.92. The third-order valence-corrected chi connectivity index (χ3v) is 3.29. The third kappa shape index (κ3) is 4.13. The number of carbonyl (C=O) groups is 1. The Bertz CT molecular complexity index is 617. The lowest BCUT2D eigenvalue weighted by Crippen LogP contribution is -2.28. The molecule has 0 saturated heterocycles. The van der Waals surface area contributed by atoms with E-state index < -0.39 is 0 Å². The molecule has 0 unspecified atom stereocenters. The van der Waals surface area contributed by atoms with Gasteiger partial charge in [-0.05, 0) is 30.3 Å². The predicted octanol–water partition coefficient (Wildman–Crippen LogP) is 3.35. The summed E-state index contributed by atoms with van der Waals surface area (Å²) in [7, 11) is 1.67. The van der Waals surface area contributed by atoms with Crippen LogP contribution in [0.3, 0.4) is 0 Å². The fourth-order valence-electron chi connectivity index (χ4n) is 1.88. The van der Waals surface area contributed by atoms with Crippen molar-refractivity contribution in [1.29, 1.82) is 0 Å². The van der Waals surface area contributed by atoms with Gasteiger partial charge in [0.2, 0.25) is 5.91 Å². The summed E-state index contributed by atoms with van der Waals surface area (Å²) in [4.78, 5) is 13.6. The number of nitrogens with two attached hydrogens (primary N) is 1. The fourth-order valence-corrected chi connectivity index (χ4v) is 2.05. The van der Waals surface area contributed by atoms with Crippen molar-refractivity contribution in [2.75, 3.05) is 24.3 Å². The van der Waals surface area contributed by atoms with Crippen molar-refractivity contribution in [3.8, 4) is 5.75 Å². The summed E-state index contributed by atoms with van der Waals surface area (Å²) < 4.78 is 5.51. The lowest BCUT2D eigenvalue weighted by atomic mass is 10.2. The number of amides is 1. The summed E-state index contributed by atoms with van der Waals surface area (Å²) in [6, 6.07) is 14.4. The highest BCUT2D eigenvalue weighted by molar-refractivity contribution is 6.31. The number of ether oxygens (including phenoxy) is 1. The molecule has 4 nitrogen and oxygen atoms in total. The molecule has 1 amide bonds. The molecule has 2 rings (SSSR count). The molecule has 0 atom stereocenters. The fraction of sp³-hybridized carbons (Fsp3) is 0.188. The molecule has 21 heavy (non-hydrogen) atoms. The molecular weight excluding hydrogens is 288 g/mol. The minimum absolute atomic E-state index is 0.0834. The van der Waals surface area contributed by atoms with Crippen LogP contribution in [0.25, 0.3) is 0 Å². The van der Waals surface area contributed by atoms with Crippen LogP contribution in [0.1, 0.15) is 6.42 Å². The van der Waals surface area contributed by atoms with Gasteiger partial charge in [0, 0.05) is 12.1 Å². The van der Waals surface area contributed by atoms with E-state index in [2.05, 4.69) is 0 Å². The van der Waals surface area contributed by atoms with Crippen LogP contribution in [-0.4, -0.2) is 19.6 Å². The molecule has 0 aromatic heterocycles. The second kappa shape index (κ2) is 6.99. The number of rotatable bonds is 5. The third-order valence-electron chi connectivity index (χ3n) is 3.06. The molecule has 0 aliphatic rings. The Labute approximate surface area is 129 Å². The maximum atomic E-state index is 12.1. The molecule has 0 fully saturated rings. The first kappa shape index (κ1) is 15.2. The van der Waals surface area contributed by atoms with Crippen LogP contribution in [-0.2, 0) is 4.79 Å². The summed E-state index contributed by atoms with van der Waals surface area (Å²) in [5.74, 6) is 0.662. The zero-order valence-corrected chi connectivity index (χ0v) is 12.5. The van der Waals surface area contributed by atoms with Crippen LogP contribution in [0, 0.1) is 0 Å². The summed E-state index contributed by atoms with van der Waals surface area (Å²) in [5.41, 5.74) is 6.98. The SMILES string of the molecule is CN(C(=O)CCOc1ccccc1)c1cc(Cl)ccc1N. The number of benzene rings is 2. The maximum Gasteiger partial charge on any atom is 0.230 e. The minimum Gasteiger partial charge on any atom is -0.493 e. The highest BCUT2D eigenvalue weighted by Crippen LogP contribution is 2.26. The topological polar surface area (TPSA) is 55.6 Å². The Morgan fingerprint density at radius 1 is 1.24 bits per heavy atom. The van der Waals surface area contributed by atoms with Gasteiger partial charge in [0.15, 0.2) is 0 Å². The van der Waals surface area contributed by atoms with Crippen molar-refractivity contribution >= 4 is 28.9 Å². The Morgan fingerprint density at radius 2 is 1.95 bits per heavy atom. The van der Waals surface area contributed by atoms with E-state index in [-0.39, 0.29) is 12.3 Å². The van der Waals surface area contributed by atoms with Crippen molar-refractivity contribution in [2.24, 2.45) is 0 Å². The number of para-hydroxylation sites is 1. The minimum atomic E-state index is -0.0834. The highest BCUT2D eigenvalue weighted by atomic mass is 35.5. The standard InChI is InChI=1S/C16H17ClN2O2/c1-19(15-11-12(17)7-8-14(15)18)16(20)9-10-21-13-5-3-2-4-6-13/h2-8,11H,9-10,18H2,1H3. The first-order valence-corrected chi connectivity index (χ1v) is 6.95. The van der Waals surface area contributed by atoms with Crippen LogP contribution in [0.4, 0.5) is 11.4 Å². The molecule has 0 aliphatic carbocycles. The molecule has 5 heteroatoms. The lowest BCUT2D eigenvalue weighted by molar-refractivity contribution is -0.118. The van der Waals surface area contributed by atoms with Gasteiger partial charge in [-0.1, -0.05) is 29.8 Å². The smallest absolute Gasteiger partial charge is 0.230 e. The van der Waals surface area contributed by atoms with E-state index in [1.54, 1.807) is 25.2 Å². The molecule has 2 aromatic rings. The number of halogens is 1. The van der Waals surface area contributed by atoms with E-state index in [9.17, 15) is 4.79 Å². The Morgan fingerprint density at radius 3 is 2.67 bits per heavy atom. The van der Waals surface area contributed by atoms with Crippen LogP contribution < -0.4 is 15.4 Å². The van der Waals surface area contributed by atoms with E-state index >= 15 is 0 Å². The van der Waals surface area contributed by atoms with Crippen molar-refractivity contribution in [3.63, 3.8) is 0 Å². The number of anilines is 2. The largest absolute Gasteiger partial charge is 0.493 e. The predicted molar refractivity (Wildman–Crippen MR) is 85.8 cm³/mol. The van der Waals surface area contributed by atoms with Crippen LogP contribution in [0.15, 0.2) is 48.5 Å². The van der Waals surface area contributed by atoms with Crippen LogP contribution >= 0.6 is 11.6 Å². The average molecular weight is 305 g/mol. The first-order valence-electron chi connectivity index (χ1n) is 6.57. The van der Waals surface area contributed by atoms with Gasteiger partial charge in [-0.2, -0.15) is 0 Å². The van der Waals surface area contributed by atoms with Crippen LogP contribution in [0.2, 0.25) is 5.02 Å². The number of hydrogen-bond acceptors (Lipinski definition) is 3. The summed E-state index contributed by atoms with van der Waals surface area (Å²) in [6.45, 7) is 0.313. The van der Waals surface area contributed by atoms with E-state index in [1.165, 1.54) is 4.90 Å². The molecule has 0 aliphatic heterocycles. The second-order valence-electron chi connectivity index (χ2n) is 4.57. The van der Waals surface area contributed by atoms with Gasteiger partial charge in [0.1, 0.15) is 5.75 Å². The zero-order chi connectivity index (χ0) is 15.2. The van der Waals surface area contributed by atoms with Gasteiger partial charge in [-0.25, -0.2) is 0 Å². The van der Waals surface area contributed by atoms with Gasteiger partial charge in [-0.15, -0.1) is 0 Å². The summed E-state index contributed by atoms with van der Waals surface area (Å²) in [5, 5.41) is 0.541. The number of hydrogen-bond donors (Lipinski definition) is 1. The first-order chi connectivity index (χ1) is 10.1. The van der Waals surface area contributed by atoms with E-state index in [1.807, 2.05) is 30.3 Å². The molecule has 2 aromatic carbocycles. The zero-order valence-electron chi connectivity index (χ0n) is 11.8. The van der Waals surface area contributed by atoms with Gasteiger partial charge in [0.05, 0.1) is 24.4 Å². The van der Waals surface area contributed by atoms with Crippen molar-refractivity contribution in [1.82, 2.24) is 0 Å². The molecule has 0 saturated carbocycles. The Kier molecular flexibility index (Phi) is 5.06. The molecule has 0 spiro atoms. The number of nitrogen functional groups attached to an aromatic ring is 1. The maximum absolute atomic E-state index is 12.1. The van der Waals surface area contributed by atoms with Gasteiger partial charge in [-0.3, -0.25) is 4.79 Å². The average Bonchev–Trinajstić information content (AvgIpc) is 2.50. The summed E-state index contributed by atoms with van der Waals surface area (Å²) in [6.07, 6.45) is 0.261. The second-order valence-corrected chi connectivity index (χ2v) is 5.00.